The van der Waals surface area contributed by atoms with E-state index in [9.17, 15) is 9.59 Å². The van der Waals surface area contributed by atoms with Gasteiger partial charge < -0.3 is 9.64 Å². The van der Waals surface area contributed by atoms with Gasteiger partial charge in [0.05, 0.1) is 24.1 Å². The van der Waals surface area contributed by atoms with E-state index in [1.807, 2.05) is 18.2 Å². The third kappa shape index (κ3) is 2.77. The van der Waals surface area contributed by atoms with Crippen LogP contribution in [0.3, 0.4) is 0 Å². The summed E-state index contributed by atoms with van der Waals surface area (Å²) in [6.45, 7) is 0.601. The molecule has 1 aliphatic rings. The third-order valence-corrected chi connectivity index (χ3v) is 5.05. The minimum absolute atomic E-state index is 0.103. The van der Waals surface area contributed by atoms with E-state index in [0.29, 0.717) is 34.7 Å². The lowest BCUT2D eigenvalue weighted by Crippen LogP contribution is -2.34. The van der Waals surface area contributed by atoms with Gasteiger partial charge in [-0.25, -0.2) is 4.98 Å². The normalized spacial score (nSPS) is 16.9. The van der Waals surface area contributed by atoms with Gasteiger partial charge in [-0.3, -0.25) is 18.8 Å². The van der Waals surface area contributed by atoms with Crippen LogP contribution in [0.25, 0.3) is 10.9 Å². The minimum Gasteiger partial charge on any atom is -0.479 e. The fourth-order valence-corrected chi connectivity index (χ4v) is 3.73. The SMILES string of the molecule is COc1nn(C)cc1C(=O)N1CCCC1c1nc2ccccc2c(=O)n1C. The van der Waals surface area contributed by atoms with Gasteiger partial charge in [-0.15, -0.1) is 5.10 Å². The summed E-state index contributed by atoms with van der Waals surface area (Å²) in [6.07, 6.45) is 3.26. The predicted molar refractivity (Wildman–Crippen MR) is 99.8 cm³/mol. The molecule has 1 amide bonds. The first-order valence-corrected chi connectivity index (χ1v) is 8.85. The highest BCUT2D eigenvalue weighted by Crippen LogP contribution is 2.33. The second-order valence-corrected chi connectivity index (χ2v) is 6.73. The van der Waals surface area contributed by atoms with Crippen LogP contribution in [0.5, 0.6) is 5.88 Å². The maximum absolute atomic E-state index is 13.2. The number of methoxy groups -OCH3 is 1. The predicted octanol–water partition coefficient (Wildman–Crippen LogP) is 1.65. The van der Waals surface area contributed by atoms with E-state index in [1.54, 1.807) is 40.5 Å². The van der Waals surface area contributed by atoms with Crippen LogP contribution in [-0.4, -0.2) is 43.8 Å². The first-order valence-electron chi connectivity index (χ1n) is 8.85. The van der Waals surface area contributed by atoms with Crippen molar-refractivity contribution in [2.45, 2.75) is 18.9 Å². The Bertz CT molecular complexity index is 1080. The third-order valence-electron chi connectivity index (χ3n) is 5.05. The zero-order valence-electron chi connectivity index (χ0n) is 15.5. The van der Waals surface area contributed by atoms with Crippen LogP contribution in [0.1, 0.15) is 35.1 Å². The van der Waals surface area contributed by atoms with Crippen molar-refractivity contribution in [3.05, 3.63) is 52.2 Å². The van der Waals surface area contributed by atoms with Gasteiger partial charge in [0.1, 0.15) is 11.4 Å². The molecule has 8 nitrogen and oxygen atoms in total. The number of hydrogen-bond acceptors (Lipinski definition) is 5. The average molecular weight is 367 g/mol. The zero-order valence-corrected chi connectivity index (χ0v) is 15.5. The highest BCUT2D eigenvalue weighted by atomic mass is 16.5. The standard InChI is InChI=1S/C19H21N5O3/c1-22-11-13(17(21-22)27-3)19(26)24-10-6-9-15(24)16-20-14-8-5-4-7-12(14)18(25)23(16)2/h4-5,7-8,11,15H,6,9-10H2,1-3H3. The Balaban J connectivity index is 1.78. The van der Waals surface area contributed by atoms with Crippen molar-refractivity contribution in [2.24, 2.45) is 14.1 Å². The largest absolute Gasteiger partial charge is 0.479 e. The summed E-state index contributed by atoms with van der Waals surface area (Å²) >= 11 is 0. The monoisotopic (exact) mass is 367 g/mol. The fourth-order valence-electron chi connectivity index (χ4n) is 3.73. The van der Waals surface area contributed by atoms with E-state index in [-0.39, 0.29) is 17.5 Å². The number of benzene rings is 1. The number of carbonyl (C=O) groups excluding carboxylic acids is 1. The summed E-state index contributed by atoms with van der Waals surface area (Å²) in [7, 11) is 4.95. The minimum atomic E-state index is -0.260. The van der Waals surface area contributed by atoms with Crippen LogP contribution < -0.4 is 10.3 Å². The summed E-state index contributed by atoms with van der Waals surface area (Å²) in [5, 5.41) is 4.75. The molecule has 0 N–H and O–H groups in total. The molecule has 1 unspecified atom stereocenters. The fraction of sp³-hybridized carbons (Fsp3) is 0.368. The van der Waals surface area contributed by atoms with Gasteiger partial charge in [0.15, 0.2) is 0 Å². The van der Waals surface area contributed by atoms with Gasteiger partial charge in [0, 0.05) is 26.8 Å². The van der Waals surface area contributed by atoms with E-state index in [4.69, 9.17) is 9.72 Å². The molecule has 2 aromatic heterocycles. The molecule has 4 rings (SSSR count). The number of hydrogen-bond donors (Lipinski definition) is 0. The Kier molecular flexibility index (Phi) is 4.18. The molecular formula is C19H21N5O3. The van der Waals surface area contributed by atoms with Crippen molar-refractivity contribution in [1.82, 2.24) is 24.2 Å². The van der Waals surface area contributed by atoms with Gasteiger partial charge >= 0.3 is 0 Å². The molecule has 8 heteroatoms. The lowest BCUT2D eigenvalue weighted by Gasteiger charge is -2.25. The van der Waals surface area contributed by atoms with Gasteiger partial charge in [-0.2, -0.15) is 0 Å². The number of rotatable bonds is 3. The van der Waals surface area contributed by atoms with Crippen molar-refractivity contribution in [3.63, 3.8) is 0 Å². The Hall–Kier alpha value is -3.16. The molecule has 0 saturated carbocycles. The van der Waals surface area contributed by atoms with Gasteiger partial charge in [0.25, 0.3) is 11.5 Å². The van der Waals surface area contributed by atoms with E-state index in [2.05, 4.69) is 5.10 Å². The lowest BCUT2D eigenvalue weighted by molar-refractivity contribution is 0.0724. The van der Waals surface area contributed by atoms with Crippen molar-refractivity contribution >= 4 is 16.8 Å². The molecular weight excluding hydrogens is 346 g/mol. The molecule has 1 atom stereocenters. The second-order valence-electron chi connectivity index (χ2n) is 6.73. The molecule has 1 saturated heterocycles. The quantitative estimate of drug-likeness (QED) is 0.703. The number of ether oxygens (including phenoxy) is 1. The molecule has 0 bridgehead atoms. The van der Waals surface area contributed by atoms with E-state index >= 15 is 0 Å². The molecule has 0 aliphatic carbocycles. The number of amides is 1. The number of para-hydroxylation sites is 1. The van der Waals surface area contributed by atoms with Crippen LogP contribution in [0.15, 0.2) is 35.3 Å². The summed E-state index contributed by atoms with van der Waals surface area (Å²) in [5.41, 5.74) is 0.959. The van der Waals surface area contributed by atoms with E-state index in [0.717, 1.165) is 12.8 Å². The summed E-state index contributed by atoms with van der Waals surface area (Å²) in [6, 6.07) is 7.02. The van der Waals surface area contributed by atoms with Crippen LogP contribution >= 0.6 is 0 Å². The van der Waals surface area contributed by atoms with Gasteiger partial charge in [-0.1, -0.05) is 12.1 Å². The van der Waals surface area contributed by atoms with Crippen molar-refractivity contribution in [3.8, 4) is 5.88 Å². The van der Waals surface area contributed by atoms with Crippen molar-refractivity contribution in [2.75, 3.05) is 13.7 Å². The molecule has 1 aliphatic heterocycles. The lowest BCUT2D eigenvalue weighted by atomic mass is 10.1. The molecule has 0 spiro atoms. The topological polar surface area (TPSA) is 82.2 Å². The van der Waals surface area contributed by atoms with Crippen molar-refractivity contribution < 1.29 is 9.53 Å². The Labute approximate surface area is 156 Å². The van der Waals surface area contributed by atoms with Gasteiger partial charge in [-0.05, 0) is 25.0 Å². The zero-order chi connectivity index (χ0) is 19.1. The second kappa shape index (κ2) is 6.53. The summed E-state index contributed by atoms with van der Waals surface area (Å²) < 4.78 is 8.35. The number of fused-ring (bicyclic) bond motifs is 1. The van der Waals surface area contributed by atoms with E-state index in [1.165, 1.54) is 7.11 Å². The van der Waals surface area contributed by atoms with Crippen LogP contribution in [0, 0.1) is 0 Å². The Morgan fingerprint density at radius 1 is 1.26 bits per heavy atom. The molecule has 3 heterocycles. The number of aromatic nitrogens is 4. The first-order chi connectivity index (χ1) is 13.0. The summed E-state index contributed by atoms with van der Waals surface area (Å²) in [5.74, 6) is 0.741. The molecule has 0 radical (unpaired) electrons. The molecule has 1 fully saturated rings. The van der Waals surface area contributed by atoms with Crippen LogP contribution in [0.2, 0.25) is 0 Å². The number of nitrogens with zero attached hydrogens (tertiary/aromatic N) is 5. The molecule has 3 aromatic rings. The Morgan fingerprint density at radius 2 is 2.04 bits per heavy atom. The van der Waals surface area contributed by atoms with Crippen LogP contribution in [0.4, 0.5) is 0 Å². The maximum Gasteiger partial charge on any atom is 0.261 e. The van der Waals surface area contributed by atoms with Crippen molar-refractivity contribution in [1.29, 1.82) is 0 Å². The van der Waals surface area contributed by atoms with E-state index < -0.39 is 0 Å². The van der Waals surface area contributed by atoms with Crippen LogP contribution in [-0.2, 0) is 14.1 Å². The average Bonchev–Trinajstić information content (AvgIpc) is 3.30. The summed E-state index contributed by atoms with van der Waals surface area (Å²) in [4.78, 5) is 32.4. The smallest absolute Gasteiger partial charge is 0.261 e. The number of aryl methyl sites for hydroxylation is 1. The highest BCUT2D eigenvalue weighted by molar-refractivity contribution is 5.96. The molecule has 27 heavy (non-hydrogen) atoms. The molecule has 140 valence electrons. The molecule has 1 aromatic carbocycles. The maximum atomic E-state index is 13.2. The van der Waals surface area contributed by atoms with Gasteiger partial charge in [0.2, 0.25) is 5.88 Å². The number of carbonyl (C=O) groups is 1. The Morgan fingerprint density at radius 3 is 2.81 bits per heavy atom. The number of likely N-dealkylation sites (tertiary alicyclic amines) is 1. The first kappa shape index (κ1) is 17.3. The highest BCUT2D eigenvalue weighted by Gasteiger charge is 2.35.